The van der Waals surface area contributed by atoms with Gasteiger partial charge in [0.25, 0.3) is 5.91 Å². The third-order valence-corrected chi connectivity index (χ3v) is 11.5. The number of aryl methyl sites for hydroxylation is 1. The first-order valence-corrected chi connectivity index (χ1v) is 19.7. The molecule has 0 saturated carbocycles. The summed E-state index contributed by atoms with van der Waals surface area (Å²) >= 11 is 6.77. The smallest absolute Gasteiger partial charge is 0.409 e. The number of aliphatic hydroxyl groups is 1. The Morgan fingerprint density at radius 2 is 1.81 bits per heavy atom. The highest BCUT2D eigenvalue weighted by molar-refractivity contribution is 6.34. The lowest BCUT2D eigenvalue weighted by atomic mass is 9.82. The molecule has 2 saturated heterocycles. The maximum absolute atomic E-state index is 14.1. The van der Waals surface area contributed by atoms with Crippen LogP contribution in [-0.4, -0.2) is 122 Å². The zero-order valence-corrected chi connectivity index (χ0v) is 34.4. The van der Waals surface area contributed by atoms with Gasteiger partial charge in [-0.1, -0.05) is 55.3 Å². The minimum atomic E-state index is -1.60. The number of esters is 1. The lowest BCUT2D eigenvalue weighted by molar-refractivity contribution is -0.166. The summed E-state index contributed by atoms with van der Waals surface area (Å²) < 4.78 is 34.7. The van der Waals surface area contributed by atoms with Crippen molar-refractivity contribution in [1.29, 1.82) is 5.41 Å². The fraction of sp³-hybridized carbons (Fsp3) is 0.585. The molecule has 0 spiro atoms. The van der Waals surface area contributed by atoms with E-state index < -0.39 is 59.6 Å². The van der Waals surface area contributed by atoms with Gasteiger partial charge in [-0.15, -0.1) is 0 Å². The molecule has 0 radical (unpaired) electrons. The minimum absolute atomic E-state index is 0.0710. The highest BCUT2D eigenvalue weighted by Gasteiger charge is 2.64. The van der Waals surface area contributed by atoms with E-state index >= 15 is 0 Å². The Balaban J connectivity index is 1.26. The largest absolute Gasteiger partial charge is 0.457 e. The van der Waals surface area contributed by atoms with Gasteiger partial charge < -0.3 is 38.4 Å². The summed E-state index contributed by atoms with van der Waals surface area (Å²) in [6.45, 7) is 12.1. The number of amidine groups is 1. The van der Waals surface area contributed by atoms with E-state index in [1.54, 1.807) is 20.9 Å². The number of nitrogens with zero attached hydrogens (tertiary/aromatic N) is 2. The number of carbonyl (C=O) groups is 4. The number of rotatable bonds is 12. The molecule has 16 heteroatoms. The number of fused-ring (bicyclic) bond motifs is 5. The van der Waals surface area contributed by atoms with Gasteiger partial charge in [0, 0.05) is 31.4 Å². The molecule has 4 bridgehead atoms. The summed E-state index contributed by atoms with van der Waals surface area (Å²) in [7, 11) is 1.63. The lowest BCUT2D eigenvalue weighted by Crippen LogP contribution is -2.60. The van der Waals surface area contributed by atoms with E-state index in [1.165, 1.54) is 22.0 Å². The Morgan fingerprint density at radius 1 is 1.11 bits per heavy atom. The van der Waals surface area contributed by atoms with Crippen molar-refractivity contribution >= 4 is 47.0 Å². The molecular formula is C41H55ClN4O11. The summed E-state index contributed by atoms with van der Waals surface area (Å²) in [5.74, 6) is -2.13. The first kappa shape index (κ1) is 44.0. The van der Waals surface area contributed by atoms with Gasteiger partial charge in [0.1, 0.15) is 29.4 Å². The van der Waals surface area contributed by atoms with Crippen LogP contribution < -0.4 is 10.2 Å². The Kier molecular flexibility index (Phi) is 14.4. The zero-order valence-electron chi connectivity index (χ0n) is 33.7. The summed E-state index contributed by atoms with van der Waals surface area (Å²) in [4.78, 5) is 54.9. The van der Waals surface area contributed by atoms with Crippen LogP contribution in [0.3, 0.4) is 0 Å². The Morgan fingerprint density at radius 3 is 2.51 bits per heavy atom. The van der Waals surface area contributed by atoms with Gasteiger partial charge in [0.15, 0.2) is 6.10 Å². The summed E-state index contributed by atoms with van der Waals surface area (Å²) in [6, 6.07) is 3.84. The molecule has 15 nitrogen and oxygen atoms in total. The van der Waals surface area contributed by atoms with E-state index in [0.29, 0.717) is 17.1 Å². The molecule has 0 aliphatic carbocycles. The summed E-state index contributed by atoms with van der Waals surface area (Å²) in [5.41, 5.74) is 0.508. The number of anilines is 1. The quantitative estimate of drug-likeness (QED) is 0.154. The second-order valence-corrected chi connectivity index (χ2v) is 15.8. The number of carbonyl (C=O) groups excluding carboxylic acids is 4. The topological polar surface area (TPSA) is 190 Å². The van der Waals surface area contributed by atoms with Gasteiger partial charge in [0.05, 0.1) is 62.8 Å². The summed E-state index contributed by atoms with van der Waals surface area (Å²) in [6.07, 6.45) is 4.59. The second-order valence-electron chi connectivity index (χ2n) is 15.4. The number of amides is 3. The van der Waals surface area contributed by atoms with Crippen LogP contribution in [0.5, 0.6) is 0 Å². The van der Waals surface area contributed by atoms with Crippen molar-refractivity contribution < 1.29 is 52.7 Å². The molecule has 1 aromatic carbocycles. The van der Waals surface area contributed by atoms with Crippen LogP contribution in [0, 0.1) is 24.2 Å². The predicted molar refractivity (Wildman–Crippen MR) is 211 cm³/mol. The molecule has 4 aliphatic rings. The normalized spacial score (nSPS) is 31.2. The lowest BCUT2D eigenvalue weighted by Gasteiger charge is -2.41. The third kappa shape index (κ3) is 10.7. The molecule has 1 aromatic rings. The van der Waals surface area contributed by atoms with Gasteiger partial charge in [-0.2, -0.15) is 0 Å². The van der Waals surface area contributed by atoms with Gasteiger partial charge in [0.2, 0.25) is 5.91 Å². The van der Waals surface area contributed by atoms with Gasteiger partial charge >= 0.3 is 12.1 Å². The van der Waals surface area contributed by atoms with E-state index in [1.807, 2.05) is 58.1 Å². The number of ether oxygens (including phenoxy) is 6. The van der Waals surface area contributed by atoms with Gasteiger partial charge in [-0.25, -0.2) is 9.59 Å². The van der Waals surface area contributed by atoms with Crippen LogP contribution >= 0.6 is 11.6 Å². The maximum Gasteiger partial charge on any atom is 0.409 e. The van der Waals surface area contributed by atoms with Gasteiger partial charge in [-0.3, -0.25) is 25.2 Å². The monoisotopic (exact) mass is 814 g/mol. The molecule has 57 heavy (non-hydrogen) atoms. The SMILES string of the molecule is C/C1=C\C=C\[C@@H](C)[C@@]2(O)CC(OC(=O)N2)[C@@H](C)[C@@H]2O[C@@]2(C)[C@@H](OC(=O)[C@H](C)OCCOCCOCCN2C(=N)C=CC2=O)CC(=O)N(C)c2cc(cc(C)c2Cl)C1. The Hall–Kier alpha value is -4.12. The molecule has 3 N–H and O–H groups in total. The first-order valence-electron chi connectivity index (χ1n) is 19.3. The van der Waals surface area contributed by atoms with Crippen LogP contribution in [0.1, 0.15) is 58.6 Å². The molecule has 4 heterocycles. The van der Waals surface area contributed by atoms with Crippen LogP contribution in [0.25, 0.3) is 0 Å². The van der Waals surface area contributed by atoms with E-state index in [9.17, 15) is 24.3 Å². The van der Waals surface area contributed by atoms with Crippen molar-refractivity contribution in [2.75, 3.05) is 51.5 Å². The number of benzene rings is 1. The fourth-order valence-electron chi connectivity index (χ4n) is 7.29. The molecule has 4 aliphatic heterocycles. The van der Waals surface area contributed by atoms with Gasteiger partial charge in [-0.05, 0) is 57.4 Å². The van der Waals surface area contributed by atoms with Crippen molar-refractivity contribution in [3.63, 3.8) is 0 Å². The number of nitrogens with one attached hydrogen (secondary N) is 2. The average Bonchev–Trinajstić information content (AvgIpc) is 3.75. The Labute approximate surface area is 338 Å². The van der Waals surface area contributed by atoms with Crippen LogP contribution in [0.15, 0.2) is 48.1 Å². The molecule has 5 rings (SSSR count). The van der Waals surface area contributed by atoms with Crippen molar-refractivity contribution in [3.05, 3.63) is 64.2 Å². The number of hydrogen-bond acceptors (Lipinski definition) is 12. The molecule has 312 valence electrons. The molecular weight excluding hydrogens is 760 g/mol. The second kappa shape index (κ2) is 18.6. The van der Waals surface area contributed by atoms with E-state index in [4.69, 9.17) is 45.4 Å². The third-order valence-electron chi connectivity index (χ3n) is 11.0. The molecule has 0 aromatic heterocycles. The van der Waals surface area contributed by atoms with E-state index in [-0.39, 0.29) is 70.1 Å². The number of allylic oxidation sites excluding steroid dienone is 3. The zero-order chi connectivity index (χ0) is 41.7. The van der Waals surface area contributed by atoms with Crippen LogP contribution in [0.4, 0.5) is 10.5 Å². The number of halogens is 1. The molecule has 2 fully saturated rings. The van der Waals surface area contributed by atoms with Crippen LogP contribution in [0.2, 0.25) is 5.02 Å². The summed E-state index contributed by atoms with van der Waals surface area (Å²) in [5, 5.41) is 22.4. The molecule has 3 amide bonds. The average molecular weight is 815 g/mol. The fourth-order valence-corrected chi connectivity index (χ4v) is 7.53. The minimum Gasteiger partial charge on any atom is -0.457 e. The Bertz CT molecular complexity index is 1780. The van der Waals surface area contributed by atoms with Crippen molar-refractivity contribution in [1.82, 2.24) is 10.2 Å². The van der Waals surface area contributed by atoms with Crippen molar-refractivity contribution in [2.45, 2.75) is 96.5 Å². The number of epoxide rings is 1. The predicted octanol–water partition coefficient (Wildman–Crippen LogP) is 4.40. The number of alkyl carbamates (subject to hydrolysis) is 1. The standard InChI is InChI=1S/C41H55ClN4O11/c1-24-9-8-10-26(3)41(51)23-31(55-39(50)44-41)27(4)37-40(6,57-37)32(22-35(48)45(7)30-21-29(19-24)20-25(2)36(30)42)56-38(49)28(5)54-18-17-53-16-15-52-14-13-46-33(43)11-12-34(46)47/h8-12,20-21,26-28,31-32,37,43,51H,13-19,22-23H2,1-7H3,(H,44,50)/b10-8+,24-9+,43-33?/t26-,27-,28+,31?,32+,37+,40+,41+/m1/s1. The van der Waals surface area contributed by atoms with Crippen molar-refractivity contribution in [3.8, 4) is 0 Å². The highest BCUT2D eigenvalue weighted by Crippen LogP contribution is 2.49. The maximum atomic E-state index is 14.1. The highest BCUT2D eigenvalue weighted by atomic mass is 35.5. The van der Waals surface area contributed by atoms with E-state index in [0.717, 1.165) is 16.7 Å². The number of hydrogen-bond donors (Lipinski definition) is 3. The first-order chi connectivity index (χ1) is 26.9. The van der Waals surface area contributed by atoms with Crippen LogP contribution in [-0.2, 0) is 49.2 Å². The molecule has 8 atom stereocenters. The van der Waals surface area contributed by atoms with E-state index in [2.05, 4.69) is 5.32 Å². The van der Waals surface area contributed by atoms with Crippen molar-refractivity contribution in [2.24, 2.45) is 11.8 Å². The molecule has 1 unspecified atom stereocenters.